The Hall–Kier alpha value is -1.22. The molecule has 0 saturated carbocycles. The molecule has 0 aromatic rings. The molecule has 1 fully saturated rings. The van der Waals surface area contributed by atoms with Gasteiger partial charge in [-0.05, 0) is 41.5 Å². The van der Waals surface area contributed by atoms with Crippen molar-refractivity contribution >= 4 is 13.1 Å². The van der Waals surface area contributed by atoms with E-state index >= 15 is 0 Å². The van der Waals surface area contributed by atoms with Gasteiger partial charge in [0.15, 0.2) is 0 Å². The van der Waals surface area contributed by atoms with Gasteiger partial charge in [0.2, 0.25) is 11.4 Å². The first kappa shape index (κ1) is 20.1. The van der Waals surface area contributed by atoms with E-state index < -0.39 is 47.7 Å². The molecule has 2 atom stereocenters. The molecule has 0 aromatic carbocycles. The van der Waals surface area contributed by atoms with Crippen molar-refractivity contribution in [3.05, 3.63) is 11.2 Å². The van der Waals surface area contributed by atoms with E-state index in [0.717, 1.165) is 6.92 Å². The van der Waals surface area contributed by atoms with E-state index in [-0.39, 0.29) is 12.1 Å². The number of alkyl halides is 3. The summed E-state index contributed by atoms with van der Waals surface area (Å²) in [4.78, 5) is 12.2. The Morgan fingerprint density at radius 1 is 1.16 bits per heavy atom. The van der Waals surface area contributed by atoms with Crippen molar-refractivity contribution in [2.45, 2.75) is 71.4 Å². The zero-order valence-corrected chi connectivity index (χ0v) is 15.5. The van der Waals surface area contributed by atoms with Gasteiger partial charge in [-0.2, -0.15) is 13.2 Å². The third-order valence-electron chi connectivity index (χ3n) is 5.40. The normalized spacial score (nSPS) is 31.3. The highest BCUT2D eigenvalue weighted by atomic mass is 19.4. The van der Waals surface area contributed by atoms with Crippen molar-refractivity contribution in [1.82, 2.24) is 0 Å². The van der Waals surface area contributed by atoms with Crippen LogP contribution in [0.3, 0.4) is 0 Å². The van der Waals surface area contributed by atoms with Gasteiger partial charge in [-0.3, -0.25) is 0 Å². The van der Waals surface area contributed by atoms with Gasteiger partial charge in [0.25, 0.3) is 0 Å². The smallest absolute Gasteiger partial charge is 0.471 e. The number of carbonyl (C=O) groups is 1. The van der Waals surface area contributed by atoms with Gasteiger partial charge in [-0.1, -0.05) is 6.92 Å². The first-order valence-electron chi connectivity index (χ1n) is 8.20. The minimum absolute atomic E-state index is 0.0133. The Morgan fingerprint density at radius 2 is 1.64 bits per heavy atom. The van der Waals surface area contributed by atoms with Crippen LogP contribution in [0.4, 0.5) is 13.2 Å². The second kappa shape index (κ2) is 5.91. The van der Waals surface area contributed by atoms with Gasteiger partial charge in [0.05, 0.1) is 17.8 Å². The maximum absolute atomic E-state index is 13.6. The van der Waals surface area contributed by atoms with Crippen molar-refractivity contribution in [1.29, 1.82) is 0 Å². The van der Waals surface area contributed by atoms with Crippen molar-refractivity contribution in [3.8, 4) is 0 Å². The topological polar surface area (TPSA) is 54.0 Å². The predicted molar refractivity (Wildman–Crippen MR) is 84.5 cm³/mol. The second-order valence-electron chi connectivity index (χ2n) is 7.52. The largest absolute Gasteiger partial charge is 0.495 e. The van der Waals surface area contributed by atoms with Crippen LogP contribution in [0.25, 0.3) is 0 Å². The van der Waals surface area contributed by atoms with Crippen LogP contribution in [0.5, 0.6) is 0 Å². The standard InChI is InChI=1S/C16H24BF3O5/c1-8-22-12(21)11-10(9(2)15(7,23-11)16(18,19)20)17-24-13(3,4)14(5,6)25-17/h9H,8H2,1-7H3/t9-,15+/m0/s1. The molecule has 0 bridgehead atoms. The molecule has 2 rings (SSSR count). The number of hydrogen-bond acceptors (Lipinski definition) is 5. The van der Waals surface area contributed by atoms with E-state index in [1.54, 1.807) is 34.6 Å². The highest BCUT2D eigenvalue weighted by Gasteiger charge is 2.66. The lowest BCUT2D eigenvalue weighted by atomic mass is 9.67. The van der Waals surface area contributed by atoms with Gasteiger partial charge in [0.1, 0.15) is 0 Å². The summed E-state index contributed by atoms with van der Waals surface area (Å²) in [7, 11) is -1.12. The van der Waals surface area contributed by atoms with Crippen molar-refractivity contribution in [2.24, 2.45) is 5.92 Å². The van der Waals surface area contributed by atoms with Crippen molar-refractivity contribution < 1.29 is 36.7 Å². The molecular formula is C16H24BF3O5. The summed E-state index contributed by atoms with van der Waals surface area (Å²) >= 11 is 0. The van der Waals surface area contributed by atoms with Crippen LogP contribution in [-0.4, -0.2) is 42.7 Å². The summed E-state index contributed by atoms with van der Waals surface area (Å²) in [5.41, 5.74) is -4.06. The molecule has 2 heterocycles. The van der Waals surface area contributed by atoms with E-state index in [4.69, 9.17) is 18.8 Å². The molecule has 2 aliphatic rings. The highest BCUT2D eigenvalue weighted by Crippen LogP contribution is 2.52. The van der Waals surface area contributed by atoms with Crippen LogP contribution in [0.15, 0.2) is 11.2 Å². The monoisotopic (exact) mass is 364 g/mol. The zero-order valence-electron chi connectivity index (χ0n) is 15.5. The number of esters is 1. The predicted octanol–water partition coefficient (Wildman–Crippen LogP) is 3.42. The fourth-order valence-corrected chi connectivity index (χ4v) is 2.79. The number of rotatable bonds is 3. The van der Waals surface area contributed by atoms with Crippen LogP contribution in [0.2, 0.25) is 0 Å². The minimum atomic E-state index is -4.68. The van der Waals surface area contributed by atoms with E-state index in [2.05, 4.69) is 0 Å². The molecule has 0 radical (unpaired) electrons. The average Bonchev–Trinajstić information content (AvgIpc) is 2.82. The molecule has 1 saturated heterocycles. The summed E-state index contributed by atoms with van der Waals surface area (Å²) in [6, 6.07) is 0. The fourth-order valence-electron chi connectivity index (χ4n) is 2.79. The average molecular weight is 364 g/mol. The molecule has 0 N–H and O–H groups in total. The maximum Gasteiger partial charge on any atom is 0.495 e. The molecule has 25 heavy (non-hydrogen) atoms. The Labute approximate surface area is 146 Å². The molecule has 9 heteroatoms. The van der Waals surface area contributed by atoms with Gasteiger partial charge < -0.3 is 18.8 Å². The van der Waals surface area contributed by atoms with Gasteiger partial charge in [-0.25, -0.2) is 4.79 Å². The first-order chi connectivity index (χ1) is 11.2. The summed E-state index contributed by atoms with van der Waals surface area (Å²) in [6.07, 6.45) is -4.68. The van der Waals surface area contributed by atoms with E-state index in [1.165, 1.54) is 6.92 Å². The molecule has 2 aliphatic heterocycles. The fraction of sp³-hybridized carbons (Fsp3) is 0.812. The Kier molecular flexibility index (Phi) is 4.75. The molecular weight excluding hydrogens is 340 g/mol. The molecule has 142 valence electrons. The summed E-state index contributed by atoms with van der Waals surface area (Å²) in [5.74, 6) is -2.61. The lowest BCUT2D eigenvalue weighted by molar-refractivity contribution is -0.263. The molecule has 0 amide bonds. The van der Waals surface area contributed by atoms with Crippen LogP contribution in [0.1, 0.15) is 48.5 Å². The number of hydrogen-bond donors (Lipinski definition) is 0. The van der Waals surface area contributed by atoms with Gasteiger partial charge in [-0.15, -0.1) is 0 Å². The molecule has 0 aliphatic carbocycles. The van der Waals surface area contributed by atoms with Gasteiger partial charge in [0, 0.05) is 11.4 Å². The summed E-state index contributed by atoms with van der Waals surface area (Å²) in [5, 5.41) is 0. The first-order valence-corrected chi connectivity index (χ1v) is 8.20. The SMILES string of the molecule is CCOC(=O)C1=C(B2OC(C)(C)C(C)(C)O2)[C@H](C)[C@](C)(C(F)(F)F)O1. The van der Waals surface area contributed by atoms with E-state index in [0.29, 0.717) is 0 Å². The van der Waals surface area contributed by atoms with Crippen LogP contribution in [0, 0.1) is 5.92 Å². The molecule has 0 spiro atoms. The Bertz CT molecular complexity index is 583. The number of ether oxygens (including phenoxy) is 2. The molecule has 0 unspecified atom stereocenters. The van der Waals surface area contributed by atoms with Crippen molar-refractivity contribution in [3.63, 3.8) is 0 Å². The third kappa shape index (κ3) is 3.05. The lowest BCUT2D eigenvalue weighted by Crippen LogP contribution is -2.48. The lowest BCUT2D eigenvalue weighted by Gasteiger charge is -2.32. The highest BCUT2D eigenvalue weighted by molar-refractivity contribution is 6.55. The van der Waals surface area contributed by atoms with Crippen LogP contribution in [-0.2, 0) is 23.6 Å². The van der Waals surface area contributed by atoms with Crippen LogP contribution < -0.4 is 0 Å². The third-order valence-corrected chi connectivity index (χ3v) is 5.40. The number of halogens is 3. The molecule has 5 nitrogen and oxygen atoms in total. The Balaban J connectivity index is 2.49. The zero-order chi connectivity index (χ0) is 19.4. The van der Waals surface area contributed by atoms with E-state index in [9.17, 15) is 18.0 Å². The summed E-state index contributed by atoms with van der Waals surface area (Å²) in [6.45, 7) is 11.0. The Morgan fingerprint density at radius 3 is 2.04 bits per heavy atom. The van der Waals surface area contributed by atoms with Crippen LogP contribution >= 0.6 is 0 Å². The second-order valence-corrected chi connectivity index (χ2v) is 7.52. The summed E-state index contributed by atoms with van der Waals surface area (Å²) < 4.78 is 62.5. The minimum Gasteiger partial charge on any atom is -0.471 e. The maximum atomic E-state index is 13.6. The van der Waals surface area contributed by atoms with Gasteiger partial charge >= 0.3 is 19.3 Å². The quantitative estimate of drug-likeness (QED) is 0.567. The van der Waals surface area contributed by atoms with Crippen molar-refractivity contribution in [2.75, 3.05) is 6.61 Å². The number of carbonyl (C=O) groups excluding carboxylic acids is 1. The molecule has 0 aromatic heterocycles. The van der Waals surface area contributed by atoms with E-state index in [1.807, 2.05) is 0 Å².